The van der Waals surface area contributed by atoms with Crippen LogP contribution in [0, 0.1) is 18.3 Å². The Labute approximate surface area is 223 Å². The van der Waals surface area contributed by atoms with Crippen molar-refractivity contribution in [3.8, 4) is 6.07 Å². The lowest BCUT2D eigenvalue weighted by molar-refractivity contribution is -0.444. The van der Waals surface area contributed by atoms with Gasteiger partial charge in [-0.1, -0.05) is 6.07 Å². The van der Waals surface area contributed by atoms with Crippen molar-refractivity contribution in [3.63, 3.8) is 0 Å². The Balaban J connectivity index is 1.60. The molecule has 4 rings (SSSR count). The third-order valence-electron chi connectivity index (χ3n) is 6.44. The molecule has 0 aliphatic carbocycles. The monoisotopic (exact) mass is 511 g/mol. The summed E-state index contributed by atoms with van der Waals surface area (Å²) in [5, 5.41) is 31.2. The number of aryl methyl sites for hydroxylation is 1. The van der Waals surface area contributed by atoms with E-state index in [2.05, 4.69) is 42.6 Å². The molecule has 0 spiro atoms. The first-order valence-electron chi connectivity index (χ1n) is 13.0. The number of carboxylic acid groups (broad SMARTS) is 1. The Bertz CT molecular complexity index is 1290. The second kappa shape index (κ2) is 13.2. The van der Waals surface area contributed by atoms with Crippen molar-refractivity contribution >= 4 is 29.1 Å². The number of nitrogens with zero attached hydrogens (tertiary/aromatic N) is 4. The maximum absolute atomic E-state index is 12.2. The van der Waals surface area contributed by atoms with Crippen LogP contribution in [0.2, 0.25) is 0 Å². The number of rotatable bonds is 10. The van der Waals surface area contributed by atoms with E-state index in [0.717, 1.165) is 55.9 Å². The molecule has 9 heteroatoms. The second-order valence-corrected chi connectivity index (χ2v) is 9.38. The van der Waals surface area contributed by atoms with Gasteiger partial charge in [-0.05, 0) is 79.8 Å². The fourth-order valence-corrected chi connectivity index (χ4v) is 4.59. The molecule has 2 heterocycles. The minimum absolute atomic E-state index is 0.510. The molecule has 1 aliphatic heterocycles. The summed E-state index contributed by atoms with van der Waals surface area (Å²) in [7, 11) is 0. The van der Waals surface area contributed by atoms with Gasteiger partial charge in [0.2, 0.25) is 11.8 Å². The van der Waals surface area contributed by atoms with Crippen LogP contribution in [0.5, 0.6) is 0 Å². The van der Waals surface area contributed by atoms with E-state index in [0.29, 0.717) is 29.3 Å². The highest BCUT2D eigenvalue weighted by Crippen LogP contribution is 2.26. The molecule has 0 radical (unpaired) electrons. The highest BCUT2D eigenvalue weighted by atomic mass is 16.4. The number of carbonyl (C=O) groups is 1. The maximum atomic E-state index is 12.2. The Morgan fingerprint density at radius 1 is 1.16 bits per heavy atom. The van der Waals surface area contributed by atoms with Crippen LogP contribution >= 0.6 is 0 Å². The van der Waals surface area contributed by atoms with Gasteiger partial charge in [-0.2, -0.15) is 5.26 Å². The normalized spacial score (nSPS) is 15.4. The first-order valence-corrected chi connectivity index (χ1v) is 13.0. The number of aliphatic carboxylic acids is 1. The summed E-state index contributed by atoms with van der Waals surface area (Å²) >= 11 is 0. The van der Waals surface area contributed by atoms with Crippen molar-refractivity contribution in [3.05, 3.63) is 77.6 Å². The quantitative estimate of drug-likeness (QED) is 0.279. The average Bonchev–Trinajstić information content (AvgIpc) is 3.21. The molecular weight excluding hydrogens is 478 g/mol. The number of aromatic nitrogens is 2. The lowest BCUT2D eigenvalue weighted by Crippen LogP contribution is -2.35. The average molecular weight is 512 g/mol. The minimum Gasteiger partial charge on any atom is -0.548 e. The van der Waals surface area contributed by atoms with Crippen molar-refractivity contribution in [2.45, 2.75) is 45.1 Å². The minimum atomic E-state index is -1.22. The molecular formula is C29H33N7O2. The van der Waals surface area contributed by atoms with Crippen LogP contribution in [0.3, 0.4) is 0 Å². The molecule has 1 unspecified atom stereocenters. The third-order valence-corrected chi connectivity index (χ3v) is 6.44. The van der Waals surface area contributed by atoms with Crippen molar-refractivity contribution in [2.24, 2.45) is 0 Å². The fraction of sp³-hybridized carbons (Fsp3) is 0.345. The maximum Gasteiger partial charge on any atom is 0.249 e. The summed E-state index contributed by atoms with van der Waals surface area (Å²) in [6.45, 7) is 4.33. The first-order chi connectivity index (χ1) is 18.5. The van der Waals surface area contributed by atoms with E-state index >= 15 is 0 Å². The van der Waals surface area contributed by atoms with Gasteiger partial charge in [0.05, 0.1) is 36.7 Å². The lowest BCUT2D eigenvalue weighted by Gasteiger charge is -2.23. The number of amidine groups is 1. The Hall–Kier alpha value is -4.45. The van der Waals surface area contributed by atoms with Crippen LogP contribution < -0.4 is 21.1 Å². The summed E-state index contributed by atoms with van der Waals surface area (Å²) in [6.07, 6.45) is 8.60. The Morgan fingerprint density at radius 2 is 1.95 bits per heavy atom. The number of benzene rings is 2. The highest BCUT2D eigenvalue weighted by molar-refractivity contribution is 5.80. The van der Waals surface area contributed by atoms with Crippen molar-refractivity contribution < 1.29 is 14.5 Å². The summed E-state index contributed by atoms with van der Waals surface area (Å²) in [5.41, 5.74) is 3.62. The number of carboxylic acids is 1. The predicted molar refractivity (Wildman–Crippen MR) is 145 cm³/mol. The number of anilines is 2. The topological polar surface area (TPSA) is 129 Å². The van der Waals surface area contributed by atoms with E-state index in [-0.39, 0.29) is 0 Å². The summed E-state index contributed by atoms with van der Waals surface area (Å²) < 4.78 is 2.27. The van der Waals surface area contributed by atoms with E-state index < -0.39 is 12.0 Å². The van der Waals surface area contributed by atoms with Gasteiger partial charge in [0.15, 0.2) is 0 Å². The number of nitriles is 1. The molecule has 1 fully saturated rings. The van der Waals surface area contributed by atoms with E-state index in [1.807, 2.05) is 19.1 Å². The van der Waals surface area contributed by atoms with Gasteiger partial charge < -0.3 is 20.5 Å². The van der Waals surface area contributed by atoms with Crippen LogP contribution in [0.15, 0.2) is 60.9 Å². The van der Waals surface area contributed by atoms with Crippen molar-refractivity contribution in [2.75, 3.05) is 30.3 Å². The standard InChI is InChI=1S/C29H33N7O2/c1-21-17-23(27(28(37)38)35-24-10-8-22(20-30)9-11-24)19-25(18-21)36(26-7-3-2-4-12-31-26)16-6-15-34-29-32-13-5-14-33-29/h5,8-11,13-14,17-19,27,35H,2-4,6-7,12,15-16H2,1H3,(H2,32,33,34,37,38). The molecule has 0 amide bonds. The summed E-state index contributed by atoms with van der Waals surface area (Å²) in [4.78, 5) is 20.7. The number of hydrogen-bond acceptors (Lipinski definition) is 7. The molecule has 0 saturated carbocycles. The lowest BCUT2D eigenvalue weighted by atomic mass is 10.0. The van der Waals surface area contributed by atoms with E-state index in [4.69, 9.17) is 5.26 Å². The first kappa shape index (κ1) is 26.6. The summed E-state index contributed by atoms with van der Waals surface area (Å²) in [5.74, 6) is 0.535. The second-order valence-electron chi connectivity index (χ2n) is 9.38. The molecule has 1 saturated heterocycles. The molecule has 2 aromatic carbocycles. The zero-order valence-corrected chi connectivity index (χ0v) is 21.6. The zero-order valence-electron chi connectivity index (χ0n) is 21.6. The molecule has 0 bridgehead atoms. The molecule has 38 heavy (non-hydrogen) atoms. The van der Waals surface area contributed by atoms with Crippen LogP contribution in [0.4, 0.5) is 17.3 Å². The van der Waals surface area contributed by atoms with Gasteiger partial charge in [-0.15, -0.1) is 0 Å². The van der Waals surface area contributed by atoms with E-state index in [1.165, 1.54) is 6.42 Å². The van der Waals surface area contributed by atoms with Crippen LogP contribution in [0.1, 0.15) is 54.8 Å². The smallest absolute Gasteiger partial charge is 0.249 e. The largest absolute Gasteiger partial charge is 0.548 e. The van der Waals surface area contributed by atoms with Crippen molar-refractivity contribution in [1.82, 2.24) is 15.3 Å². The number of hydrogen-bond donors (Lipinski definition) is 3. The predicted octanol–water partition coefficient (Wildman–Crippen LogP) is 3.27. The van der Waals surface area contributed by atoms with Crippen LogP contribution in [0.25, 0.3) is 0 Å². The third kappa shape index (κ3) is 7.29. The van der Waals surface area contributed by atoms with Gasteiger partial charge in [0, 0.05) is 37.5 Å². The molecule has 196 valence electrons. The molecule has 1 atom stereocenters. The van der Waals surface area contributed by atoms with Gasteiger partial charge in [0.1, 0.15) is 5.69 Å². The van der Waals surface area contributed by atoms with Gasteiger partial charge >= 0.3 is 0 Å². The fourth-order valence-electron chi connectivity index (χ4n) is 4.59. The van der Waals surface area contributed by atoms with Crippen LogP contribution in [-0.4, -0.2) is 46.0 Å². The Morgan fingerprint density at radius 3 is 2.68 bits per heavy atom. The molecule has 3 aromatic rings. The molecule has 9 nitrogen and oxygen atoms in total. The highest BCUT2D eigenvalue weighted by Gasteiger charge is 2.21. The molecule has 3 N–H and O–H groups in total. The molecule has 1 aromatic heterocycles. The van der Waals surface area contributed by atoms with Crippen LogP contribution in [-0.2, 0) is 4.79 Å². The van der Waals surface area contributed by atoms with E-state index in [9.17, 15) is 9.90 Å². The van der Waals surface area contributed by atoms with E-state index in [1.54, 1.807) is 42.7 Å². The van der Waals surface area contributed by atoms with Gasteiger partial charge in [-0.3, -0.25) is 5.32 Å². The zero-order chi connectivity index (χ0) is 26.7. The van der Waals surface area contributed by atoms with Gasteiger partial charge in [-0.25, -0.2) is 14.5 Å². The molecule has 1 aliphatic rings. The summed E-state index contributed by atoms with van der Waals surface area (Å²) in [6, 6.07) is 15.4. The van der Waals surface area contributed by atoms with Gasteiger partial charge in [0.25, 0.3) is 0 Å². The number of nitrogens with one attached hydrogen (secondary N) is 3. The number of carbonyl (C=O) groups excluding carboxylic acids is 1. The Kier molecular flexibility index (Phi) is 9.24. The van der Waals surface area contributed by atoms with Crippen molar-refractivity contribution in [1.29, 1.82) is 5.26 Å². The SMILES string of the molecule is Cc1cc(C(Nc2ccc(C#N)cc2)C(=O)[O-])cc([N+](CCCNc2ncccn2)=C2CCCCCN2)c1.